The van der Waals surface area contributed by atoms with E-state index in [0.29, 0.717) is 5.69 Å². The molecule has 1 amide bonds. The van der Waals surface area contributed by atoms with E-state index in [4.69, 9.17) is 4.52 Å². The Bertz CT molecular complexity index is 564. The highest BCUT2D eigenvalue weighted by Gasteiger charge is 2.16. The molecule has 0 saturated heterocycles. The first-order chi connectivity index (χ1) is 9.58. The van der Waals surface area contributed by atoms with E-state index in [1.165, 1.54) is 0 Å². The van der Waals surface area contributed by atoms with Gasteiger partial charge in [0.2, 0.25) is 5.76 Å². The molecule has 0 spiro atoms. The van der Waals surface area contributed by atoms with Crippen LogP contribution in [0.25, 0.3) is 11.3 Å². The predicted molar refractivity (Wildman–Crippen MR) is 75.1 cm³/mol. The van der Waals surface area contributed by atoms with Crippen LogP contribution in [0.4, 0.5) is 0 Å². The van der Waals surface area contributed by atoms with Gasteiger partial charge < -0.3 is 14.9 Å². The molecule has 1 aromatic heterocycles. The van der Waals surface area contributed by atoms with Crippen molar-refractivity contribution >= 4 is 5.91 Å². The number of rotatable bonds is 5. The highest BCUT2D eigenvalue weighted by atomic mass is 16.5. The molecule has 0 aliphatic carbocycles. The minimum Gasteiger partial charge on any atom is -0.391 e. The maximum atomic E-state index is 11.9. The molecule has 2 aromatic rings. The van der Waals surface area contributed by atoms with Gasteiger partial charge in [0.15, 0.2) is 0 Å². The van der Waals surface area contributed by atoms with Gasteiger partial charge in [0.1, 0.15) is 5.69 Å². The van der Waals surface area contributed by atoms with E-state index >= 15 is 0 Å². The Hall–Kier alpha value is -2.14. The summed E-state index contributed by atoms with van der Waals surface area (Å²) in [7, 11) is 0. The monoisotopic (exact) mass is 274 g/mol. The van der Waals surface area contributed by atoms with Gasteiger partial charge >= 0.3 is 0 Å². The van der Waals surface area contributed by atoms with Crippen molar-refractivity contribution in [1.82, 2.24) is 10.5 Å². The molecule has 0 radical (unpaired) electrons. The molecule has 0 saturated carbocycles. The minimum atomic E-state index is -0.574. The molecular formula is C15H18N2O3. The number of nitrogens with one attached hydrogen (secondary N) is 1. The highest BCUT2D eigenvalue weighted by molar-refractivity contribution is 5.92. The van der Waals surface area contributed by atoms with Gasteiger partial charge in [-0.25, -0.2) is 0 Å². The fourth-order valence-electron chi connectivity index (χ4n) is 1.65. The zero-order valence-corrected chi connectivity index (χ0v) is 11.5. The average molecular weight is 274 g/mol. The summed E-state index contributed by atoms with van der Waals surface area (Å²) in [4.78, 5) is 11.9. The average Bonchev–Trinajstić information content (AvgIpc) is 2.95. The molecule has 5 heteroatoms. The van der Waals surface area contributed by atoms with E-state index in [-0.39, 0.29) is 24.1 Å². The summed E-state index contributed by atoms with van der Waals surface area (Å²) in [6, 6.07) is 11.1. The lowest BCUT2D eigenvalue weighted by Gasteiger charge is -2.14. The first-order valence-electron chi connectivity index (χ1n) is 6.56. The molecule has 0 aliphatic heterocycles. The second-order valence-electron chi connectivity index (χ2n) is 4.96. The molecule has 1 heterocycles. The van der Waals surface area contributed by atoms with Gasteiger partial charge in [-0.05, 0) is 5.92 Å². The number of carbonyl (C=O) groups is 1. The van der Waals surface area contributed by atoms with Crippen LogP contribution in [0, 0.1) is 5.92 Å². The van der Waals surface area contributed by atoms with Gasteiger partial charge in [-0.2, -0.15) is 0 Å². The number of hydrogen-bond donors (Lipinski definition) is 2. The summed E-state index contributed by atoms with van der Waals surface area (Å²) in [6.07, 6.45) is -0.574. The van der Waals surface area contributed by atoms with Crippen LogP contribution in [0.15, 0.2) is 40.9 Å². The van der Waals surface area contributed by atoms with Gasteiger partial charge in [0.25, 0.3) is 5.91 Å². The number of aliphatic hydroxyl groups is 1. The third-order valence-corrected chi connectivity index (χ3v) is 3.04. The van der Waals surface area contributed by atoms with Crippen molar-refractivity contribution in [2.45, 2.75) is 20.0 Å². The summed E-state index contributed by atoms with van der Waals surface area (Å²) in [5.74, 6) is -0.149. The van der Waals surface area contributed by atoms with Crippen LogP contribution in [0.3, 0.4) is 0 Å². The van der Waals surface area contributed by atoms with Crippen molar-refractivity contribution in [1.29, 1.82) is 0 Å². The Labute approximate surface area is 117 Å². The predicted octanol–water partition coefficient (Wildman–Crippen LogP) is 2.09. The van der Waals surface area contributed by atoms with Crippen molar-refractivity contribution in [2.75, 3.05) is 6.54 Å². The number of carbonyl (C=O) groups excluding carboxylic acids is 1. The van der Waals surface area contributed by atoms with Crippen molar-refractivity contribution in [3.05, 3.63) is 42.2 Å². The molecule has 0 bridgehead atoms. The van der Waals surface area contributed by atoms with Crippen LogP contribution in [-0.4, -0.2) is 28.8 Å². The summed E-state index contributed by atoms with van der Waals surface area (Å²) < 4.78 is 5.03. The number of amides is 1. The molecule has 1 aromatic carbocycles. The highest BCUT2D eigenvalue weighted by Crippen LogP contribution is 2.18. The van der Waals surface area contributed by atoms with Crippen LogP contribution < -0.4 is 5.32 Å². The van der Waals surface area contributed by atoms with Crippen molar-refractivity contribution in [3.63, 3.8) is 0 Å². The standard InChI is InChI=1S/C15H18N2O3/c1-10(2)13(18)9-16-15(19)14-8-12(17-20-14)11-6-4-3-5-7-11/h3-8,10,13,18H,9H2,1-2H3,(H,16,19). The van der Waals surface area contributed by atoms with Gasteiger partial charge in [-0.15, -0.1) is 0 Å². The maximum Gasteiger partial charge on any atom is 0.290 e. The van der Waals surface area contributed by atoms with E-state index in [1.54, 1.807) is 6.07 Å². The number of aromatic nitrogens is 1. The van der Waals surface area contributed by atoms with Gasteiger partial charge in [0, 0.05) is 18.2 Å². The molecule has 1 atom stereocenters. The normalized spacial score (nSPS) is 12.4. The Morgan fingerprint density at radius 1 is 1.35 bits per heavy atom. The number of benzene rings is 1. The third-order valence-electron chi connectivity index (χ3n) is 3.04. The fourth-order valence-corrected chi connectivity index (χ4v) is 1.65. The Morgan fingerprint density at radius 2 is 2.05 bits per heavy atom. The van der Waals surface area contributed by atoms with Gasteiger partial charge in [0.05, 0.1) is 6.10 Å². The van der Waals surface area contributed by atoms with Gasteiger partial charge in [-0.3, -0.25) is 4.79 Å². The van der Waals surface area contributed by atoms with E-state index < -0.39 is 6.10 Å². The van der Waals surface area contributed by atoms with Crippen LogP contribution in [-0.2, 0) is 0 Å². The smallest absolute Gasteiger partial charge is 0.290 e. The zero-order valence-electron chi connectivity index (χ0n) is 11.5. The van der Waals surface area contributed by atoms with Crippen LogP contribution >= 0.6 is 0 Å². The molecule has 0 aliphatic rings. The number of hydrogen-bond acceptors (Lipinski definition) is 4. The van der Waals surface area contributed by atoms with E-state index in [1.807, 2.05) is 44.2 Å². The van der Waals surface area contributed by atoms with E-state index in [0.717, 1.165) is 5.56 Å². The number of nitrogens with zero attached hydrogens (tertiary/aromatic N) is 1. The fraction of sp³-hybridized carbons (Fsp3) is 0.333. The zero-order chi connectivity index (χ0) is 14.5. The largest absolute Gasteiger partial charge is 0.391 e. The molecule has 106 valence electrons. The first kappa shape index (κ1) is 14.3. The van der Waals surface area contributed by atoms with Crippen LogP contribution in [0.1, 0.15) is 24.4 Å². The van der Waals surface area contributed by atoms with E-state index in [9.17, 15) is 9.90 Å². The Morgan fingerprint density at radius 3 is 2.70 bits per heavy atom. The molecule has 2 rings (SSSR count). The number of aliphatic hydroxyl groups excluding tert-OH is 1. The van der Waals surface area contributed by atoms with Gasteiger partial charge in [-0.1, -0.05) is 49.3 Å². The van der Waals surface area contributed by atoms with Crippen LogP contribution in [0.5, 0.6) is 0 Å². The molecular weight excluding hydrogens is 256 g/mol. The summed E-state index contributed by atoms with van der Waals surface area (Å²) in [5.41, 5.74) is 1.50. The second kappa shape index (κ2) is 6.34. The molecule has 0 fully saturated rings. The SMILES string of the molecule is CC(C)C(O)CNC(=O)c1cc(-c2ccccc2)no1. The maximum absolute atomic E-state index is 11.9. The summed E-state index contributed by atoms with van der Waals surface area (Å²) in [6.45, 7) is 3.97. The second-order valence-corrected chi connectivity index (χ2v) is 4.96. The Balaban J connectivity index is 2.00. The van der Waals surface area contributed by atoms with Crippen LogP contribution in [0.2, 0.25) is 0 Å². The molecule has 1 unspecified atom stereocenters. The minimum absolute atomic E-state index is 0.0879. The van der Waals surface area contributed by atoms with Crippen molar-refractivity contribution in [2.24, 2.45) is 5.92 Å². The molecule has 2 N–H and O–H groups in total. The lowest BCUT2D eigenvalue weighted by Crippen LogP contribution is -2.34. The third kappa shape index (κ3) is 3.45. The quantitative estimate of drug-likeness (QED) is 0.875. The lowest BCUT2D eigenvalue weighted by molar-refractivity contribution is 0.0839. The summed E-state index contributed by atoms with van der Waals surface area (Å²) in [5, 5.41) is 16.1. The van der Waals surface area contributed by atoms with E-state index in [2.05, 4.69) is 10.5 Å². The summed E-state index contributed by atoms with van der Waals surface area (Å²) >= 11 is 0. The topological polar surface area (TPSA) is 75.4 Å². The molecule has 20 heavy (non-hydrogen) atoms. The lowest BCUT2D eigenvalue weighted by atomic mass is 10.1. The Kier molecular flexibility index (Phi) is 4.53. The molecule has 5 nitrogen and oxygen atoms in total. The van der Waals surface area contributed by atoms with Crippen molar-refractivity contribution in [3.8, 4) is 11.3 Å². The van der Waals surface area contributed by atoms with Crippen molar-refractivity contribution < 1.29 is 14.4 Å². The first-order valence-corrected chi connectivity index (χ1v) is 6.56.